The molecular weight excluding hydrogens is 214 g/mol. The molecule has 3 rings (SSSR count). The largest absolute Gasteiger partial charge is 0.385 e. The molecule has 2 aliphatic rings. The van der Waals surface area contributed by atoms with Crippen molar-refractivity contribution >= 4 is 11.9 Å². The zero-order valence-corrected chi connectivity index (χ0v) is 10.0. The molecule has 0 fully saturated rings. The molecule has 2 amide bonds. The summed E-state index contributed by atoms with van der Waals surface area (Å²) in [5.41, 5.74) is 9.13. The molecule has 1 spiro atoms. The number of nitrogens with two attached hydrogens (primary N) is 1. The second-order valence-corrected chi connectivity index (χ2v) is 4.86. The van der Waals surface area contributed by atoms with Crippen molar-refractivity contribution in [2.75, 3.05) is 7.05 Å². The summed E-state index contributed by atoms with van der Waals surface area (Å²) in [7, 11) is 1.78. The van der Waals surface area contributed by atoms with Crippen LogP contribution in [0.1, 0.15) is 23.1 Å². The first-order valence-electron chi connectivity index (χ1n) is 5.78. The second-order valence-electron chi connectivity index (χ2n) is 4.86. The molecule has 1 heterocycles. The van der Waals surface area contributed by atoms with Crippen molar-refractivity contribution < 1.29 is 4.79 Å². The molecule has 17 heavy (non-hydrogen) atoms. The number of amides is 2. The second kappa shape index (κ2) is 3.09. The van der Waals surface area contributed by atoms with E-state index in [-0.39, 0.29) is 6.03 Å². The van der Waals surface area contributed by atoms with Crippen LogP contribution in [0.25, 0.3) is 0 Å². The number of fused-ring (bicyclic) bond motifs is 2. The molecule has 4 heteroatoms. The molecule has 1 aliphatic heterocycles. The number of carbonyl (C=O) groups excluding carboxylic acids is 1. The standard InChI is InChI=1S/C13H15N3O/c1-8-3-4-9-5-6-13(10(9)7-8)11(14)15-12(17)16(13)2/h3-4,7H,5-6H2,1-2H3,(H2,14,15,17). The molecule has 0 aromatic heterocycles. The number of benzene rings is 1. The van der Waals surface area contributed by atoms with Crippen molar-refractivity contribution in [3.05, 3.63) is 34.9 Å². The lowest BCUT2D eigenvalue weighted by Gasteiger charge is -2.32. The van der Waals surface area contributed by atoms with Gasteiger partial charge in [0.25, 0.3) is 0 Å². The molecule has 0 bridgehead atoms. The van der Waals surface area contributed by atoms with Crippen molar-refractivity contribution in [3.63, 3.8) is 0 Å². The number of urea groups is 1. The number of carbonyl (C=O) groups is 1. The van der Waals surface area contributed by atoms with E-state index in [0.717, 1.165) is 18.4 Å². The van der Waals surface area contributed by atoms with Gasteiger partial charge in [0.1, 0.15) is 11.4 Å². The number of hydrogen-bond donors (Lipinski definition) is 1. The third-order valence-corrected chi connectivity index (χ3v) is 3.97. The van der Waals surface area contributed by atoms with Gasteiger partial charge in [0.2, 0.25) is 0 Å². The maximum atomic E-state index is 11.7. The average Bonchev–Trinajstić information content (AvgIpc) is 2.76. The van der Waals surface area contributed by atoms with Gasteiger partial charge in [-0.15, -0.1) is 0 Å². The average molecular weight is 229 g/mol. The Morgan fingerprint density at radius 2 is 2.24 bits per heavy atom. The van der Waals surface area contributed by atoms with Crippen LogP contribution < -0.4 is 5.73 Å². The van der Waals surface area contributed by atoms with Crippen molar-refractivity contribution in [1.82, 2.24) is 4.90 Å². The fourth-order valence-corrected chi connectivity index (χ4v) is 2.96. The van der Waals surface area contributed by atoms with E-state index in [4.69, 9.17) is 5.73 Å². The highest BCUT2D eigenvalue weighted by molar-refractivity contribution is 6.06. The Hall–Kier alpha value is -1.84. The summed E-state index contributed by atoms with van der Waals surface area (Å²) in [5.74, 6) is 0.439. The van der Waals surface area contributed by atoms with E-state index in [9.17, 15) is 4.79 Å². The molecule has 4 nitrogen and oxygen atoms in total. The predicted molar refractivity (Wildman–Crippen MR) is 66.0 cm³/mol. The van der Waals surface area contributed by atoms with Gasteiger partial charge in [-0.05, 0) is 30.9 Å². The molecule has 1 atom stereocenters. The Balaban J connectivity index is 2.23. The first-order chi connectivity index (χ1) is 8.05. The Morgan fingerprint density at radius 3 is 2.88 bits per heavy atom. The van der Waals surface area contributed by atoms with E-state index in [1.807, 2.05) is 0 Å². The first kappa shape index (κ1) is 10.3. The monoisotopic (exact) mass is 229 g/mol. The Kier molecular flexibility index (Phi) is 1.88. The Bertz CT molecular complexity index is 550. The van der Waals surface area contributed by atoms with Crippen LogP contribution in [-0.4, -0.2) is 23.8 Å². The molecule has 1 aromatic rings. The van der Waals surface area contributed by atoms with Gasteiger partial charge in [-0.1, -0.05) is 23.8 Å². The SMILES string of the molecule is Cc1ccc2c(c1)C1(CC2)C(N)=NC(=O)N1C. The minimum atomic E-state index is -0.488. The maximum Gasteiger partial charge on any atom is 0.346 e. The number of likely N-dealkylation sites (N-methyl/N-ethyl adjacent to an activating group) is 1. The van der Waals surface area contributed by atoms with Gasteiger partial charge in [-0.2, -0.15) is 4.99 Å². The Morgan fingerprint density at radius 1 is 1.47 bits per heavy atom. The van der Waals surface area contributed by atoms with E-state index < -0.39 is 5.54 Å². The van der Waals surface area contributed by atoms with Gasteiger partial charge in [0.15, 0.2) is 0 Å². The normalized spacial score (nSPS) is 26.6. The summed E-state index contributed by atoms with van der Waals surface area (Å²) in [4.78, 5) is 17.3. The fourth-order valence-electron chi connectivity index (χ4n) is 2.96. The van der Waals surface area contributed by atoms with E-state index in [1.165, 1.54) is 11.1 Å². The molecule has 1 aliphatic carbocycles. The van der Waals surface area contributed by atoms with Crippen LogP contribution in [0.2, 0.25) is 0 Å². The molecular formula is C13H15N3O. The van der Waals surface area contributed by atoms with Gasteiger partial charge in [0, 0.05) is 7.05 Å². The summed E-state index contributed by atoms with van der Waals surface area (Å²) in [6.45, 7) is 2.05. The highest BCUT2D eigenvalue weighted by atomic mass is 16.2. The van der Waals surface area contributed by atoms with Crippen molar-refractivity contribution in [2.24, 2.45) is 10.7 Å². The summed E-state index contributed by atoms with van der Waals surface area (Å²) in [6, 6.07) is 6.11. The molecule has 0 radical (unpaired) electrons. The van der Waals surface area contributed by atoms with E-state index in [1.54, 1.807) is 11.9 Å². The lowest BCUT2D eigenvalue weighted by atomic mass is 9.89. The fraction of sp³-hybridized carbons (Fsp3) is 0.385. The number of hydrogen-bond acceptors (Lipinski definition) is 2. The summed E-state index contributed by atoms with van der Waals surface area (Å²) in [6.07, 6.45) is 1.78. The van der Waals surface area contributed by atoms with Gasteiger partial charge in [0.05, 0.1) is 0 Å². The molecule has 0 saturated heterocycles. The van der Waals surface area contributed by atoms with Gasteiger partial charge >= 0.3 is 6.03 Å². The highest BCUT2D eigenvalue weighted by Crippen LogP contribution is 2.44. The van der Waals surface area contributed by atoms with Crippen LogP contribution in [0.3, 0.4) is 0 Å². The van der Waals surface area contributed by atoms with Gasteiger partial charge < -0.3 is 10.6 Å². The minimum absolute atomic E-state index is 0.239. The molecule has 2 N–H and O–H groups in total. The summed E-state index contributed by atoms with van der Waals surface area (Å²) < 4.78 is 0. The van der Waals surface area contributed by atoms with Gasteiger partial charge in [-0.3, -0.25) is 0 Å². The van der Waals surface area contributed by atoms with E-state index >= 15 is 0 Å². The predicted octanol–water partition coefficient (Wildman–Crippen LogP) is 1.56. The van der Waals surface area contributed by atoms with Crippen molar-refractivity contribution in [3.8, 4) is 0 Å². The van der Waals surface area contributed by atoms with Crippen LogP contribution in [0.15, 0.2) is 23.2 Å². The topological polar surface area (TPSA) is 58.7 Å². The van der Waals surface area contributed by atoms with Crippen LogP contribution in [-0.2, 0) is 12.0 Å². The third kappa shape index (κ3) is 1.12. The first-order valence-corrected chi connectivity index (χ1v) is 5.78. The zero-order valence-electron chi connectivity index (χ0n) is 10.0. The molecule has 1 aromatic carbocycles. The van der Waals surface area contributed by atoms with E-state index in [0.29, 0.717) is 5.84 Å². The highest BCUT2D eigenvalue weighted by Gasteiger charge is 2.51. The Labute approximate surface area is 100 Å². The van der Waals surface area contributed by atoms with Crippen LogP contribution in [0.5, 0.6) is 0 Å². The number of amidine groups is 1. The third-order valence-electron chi connectivity index (χ3n) is 3.97. The lowest BCUT2D eigenvalue weighted by molar-refractivity contribution is 0.190. The van der Waals surface area contributed by atoms with Crippen molar-refractivity contribution in [1.29, 1.82) is 0 Å². The summed E-state index contributed by atoms with van der Waals surface area (Å²) >= 11 is 0. The molecule has 88 valence electrons. The van der Waals surface area contributed by atoms with E-state index in [2.05, 4.69) is 30.1 Å². The zero-order chi connectivity index (χ0) is 12.2. The number of nitrogens with zero attached hydrogens (tertiary/aromatic N) is 2. The minimum Gasteiger partial charge on any atom is -0.385 e. The summed E-state index contributed by atoms with van der Waals surface area (Å²) in [5, 5.41) is 0. The van der Waals surface area contributed by atoms with Crippen LogP contribution in [0, 0.1) is 6.92 Å². The van der Waals surface area contributed by atoms with Crippen LogP contribution in [0.4, 0.5) is 4.79 Å². The van der Waals surface area contributed by atoms with Crippen molar-refractivity contribution in [2.45, 2.75) is 25.3 Å². The smallest absolute Gasteiger partial charge is 0.346 e. The molecule has 1 unspecified atom stereocenters. The lowest BCUT2D eigenvalue weighted by Crippen LogP contribution is -2.48. The molecule has 0 saturated carbocycles. The quantitative estimate of drug-likeness (QED) is 0.734. The van der Waals surface area contributed by atoms with Gasteiger partial charge in [-0.25, -0.2) is 4.79 Å². The maximum absolute atomic E-state index is 11.7. The number of aryl methyl sites for hydroxylation is 2. The number of rotatable bonds is 0. The number of aliphatic imine (C=N–C) groups is 1. The van der Waals surface area contributed by atoms with Crippen LogP contribution >= 0.6 is 0 Å².